The van der Waals surface area contributed by atoms with Crippen LogP contribution in [0, 0.1) is 5.92 Å². The van der Waals surface area contributed by atoms with Crippen LogP contribution in [0.25, 0.3) is 0 Å². The molecule has 0 spiro atoms. The Balaban J connectivity index is 2.17. The number of hydrogen-bond acceptors (Lipinski definition) is 5. The van der Waals surface area contributed by atoms with Crippen LogP contribution in [0.3, 0.4) is 0 Å². The van der Waals surface area contributed by atoms with Crippen LogP contribution < -0.4 is 19.5 Å². The van der Waals surface area contributed by atoms with E-state index in [1.54, 1.807) is 12.1 Å². The van der Waals surface area contributed by atoms with Crippen LogP contribution in [0.15, 0.2) is 12.1 Å². The van der Waals surface area contributed by atoms with Crippen LogP contribution in [-0.2, 0) is 4.79 Å². The average Bonchev–Trinajstić information content (AvgIpc) is 2.61. The second-order valence-corrected chi connectivity index (χ2v) is 5.46. The molecule has 1 heterocycles. The lowest BCUT2D eigenvalue weighted by molar-refractivity contribution is -0.143. The Morgan fingerprint density at radius 3 is 2.33 bits per heavy atom. The number of benzene rings is 1. The molecule has 0 saturated carbocycles. The van der Waals surface area contributed by atoms with Gasteiger partial charge < -0.3 is 29.5 Å². The predicted molar refractivity (Wildman–Crippen MR) is 87.0 cm³/mol. The van der Waals surface area contributed by atoms with Gasteiger partial charge in [-0.2, -0.15) is 0 Å². The summed E-state index contributed by atoms with van der Waals surface area (Å²) < 4.78 is 15.7. The van der Waals surface area contributed by atoms with E-state index in [-0.39, 0.29) is 12.6 Å². The molecule has 1 saturated heterocycles. The molecule has 8 nitrogen and oxygen atoms in total. The van der Waals surface area contributed by atoms with E-state index in [4.69, 9.17) is 19.3 Å². The van der Waals surface area contributed by atoms with E-state index in [0.717, 1.165) is 0 Å². The summed E-state index contributed by atoms with van der Waals surface area (Å²) in [6.07, 6.45) is 1.24. The van der Waals surface area contributed by atoms with Crippen molar-refractivity contribution in [2.75, 3.05) is 39.7 Å². The van der Waals surface area contributed by atoms with Crippen molar-refractivity contribution in [1.29, 1.82) is 0 Å². The molecule has 1 atom stereocenters. The summed E-state index contributed by atoms with van der Waals surface area (Å²) >= 11 is 0. The quantitative estimate of drug-likeness (QED) is 0.853. The van der Waals surface area contributed by atoms with E-state index >= 15 is 0 Å². The normalized spacial score (nSPS) is 17.1. The van der Waals surface area contributed by atoms with Crippen molar-refractivity contribution in [3.05, 3.63) is 12.1 Å². The Labute approximate surface area is 140 Å². The molecule has 8 heteroatoms. The maximum atomic E-state index is 12.5. The van der Waals surface area contributed by atoms with E-state index in [0.29, 0.717) is 42.3 Å². The lowest BCUT2D eigenvalue weighted by Gasteiger charge is -2.31. The Kier molecular flexibility index (Phi) is 5.73. The van der Waals surface area contributed by atoms with Crippen molar-refractivity contribution in [2.45, 2.75) is 12.8 Å². The number of anilines is 1. The summed E-state index contributed by atoms with van der Waals surface area (Å²) in [5, 5.41) is 11.9. The Bertz CT molecular complexity index is 619. The Morgan fingerprint density at radius 1 is 1.12 bits per heavy atom. The standard InChI is InChI=1S/C16H22N2O6/c1-22-12-8-14(24-3)13(23-2)7-11(12)17-16(21)18-6-4-5-10(9-18)15(19)20/h7-8,10H,4-6,9H2,1-3H3,(H,17,21)(H,19,20). The van der Waals surface area contributed by atoms with Crippen molar-refractivity contribution in [3.63, 3.8) is 0 Å². The first-order chi connectivity index (χ1) is 11.5. The summed E-state index contributed by atoms with van der Waals surface area (Å²) in [6.45, 7) is 0.710. The number of carbonyl (C=O) groups is 2. The summed E-state index contributed by atoms with van der Waals surface area (Å²) in [6, 6.07) is 2.85. The summed E-state index contributed by atoms with van der Waals surface area (Å²) in [7, 11) is 4.49. The highest BCUT2D eigenvalue weighted by atomic mass is 16.5. The molecule has 0 radical (unpaired) electrons. The number of nitrogens with one attached hydrogen (secondary N) is 1. The van der Waals surface area contributed by atoms with Gasteiger partial charge in [0.25, 0.3) is 0 Å². The van der Waals surface area contributed by atoms with E-state index < -0.39 is 11.9 Å². The molecule has 2 N–H and O–H groups in total. The van der Waals surface area contributed by atoms with Gasteiger partial charge >= 0.3 is 12.0 Å². The van der Waals surface area contributed by atoms with Crippen LogP contribution in [0.1, 0.15) is 12.8 Å². The SMILES string of the molecule is COc1cc(OC)c(OC)cc1NC(=O)N1CCCC(C(=O)O)C1. The van der Waals surface area contributed by atoms with Gasteiger partial charge in [0, 0.05) is 25.2 Å². The van der Waals surface area contributed by atoms with E-state index in [1.165, 1.54) is 26.2 Å². The molecule has 1 aliphatic rings. The molecule has 1 unspecified atom stereocenters. The van der Waals surface area contributed by atoms with Crippen LogP contribution >= 0.6 is 0 Å². The highest BCUT2D eigenvalue weighted by Gasteiger charge is 2.28. The highest BCUT2D eigenvalue weighted by molar-refractivity contribution is 5.92. The molecule has 24 heavy (non-hydrogen) atoms. The van der Waals surface area contributed by atoms with Crippen LogP contribution in [-0.4, -0.2) is 56.4 Å². The van der Waals surface area contributed by atoms with E-state index in [1.807, 2.05) is 0 Å². The lowest BCUT2D eigenvalue weighted by Crippen LogP contribution is -2.44. The number of ether oxygens (including phenoxy) is 3. The number of likely N-dealkylation sites (tertiary alicyclic amines) is 1. The minimum absolute atomic E-state index is 0.191. The molecule has 2 amide bonds. The maximum absolute atomic E-state index is 12.5. The number of carboxylic acid groups (broad SMARTS) is 1. The van der Waals surface area contributed by atoms with Crippen molar-refractivity contribution in [2.24, 2.45) is 5.92 Å². The fraction of sp³-hybridized carbons (Fsp3) is 0.500. The second kappa shape index (κ2) is 7.76. The topological polar surface area (TPSA) is 97.3 Å². The zero-order valence-corrected chi connectivity index (χ0v) is 14.0. The molecule has 0 bridgehead atoms. The number of amides is 2. The number of rotatable bonds is 5. The second-order valence-electron chi connectivity index (χ2n) is 5.46. The molecule has 1 fully saturated rings. The number of hydrogen-bond donors (Lipinski definition) is 2. The van der Waals surface area contributed by atoms with Gasteiger partial charge in [0.15, 0.2) is 11.5 Å². The summed E-state index contributed by atoms with van der Waals surface area (Å²) in [5.41, 5.74) is 0.428. The number of urea groups is 1. The molecule has 1 aromatic rings. The molecule has 0 aromatic heterocycles. The molecular weight excluding hydrogens is 316 g/mol. The first kappa shape index (κ1) is 17.7. The van der Waals surface area contributed by atoms with Gasteiger partial charge in [-0.25, -0.2) is 4.79 Å². The largest absolute Gasteiger partial charge is 0.494 e. The third kappa shape index (κ3) is 3.81. The van der Waals surface area contributed by atoms with Crippen LogP contribution in [0.4, 0.5) is 10.5 Å². The zero-order valence-electron chi connectivity index (χ0n) is 14.0. The monoisotopic (exact) mass is 338 g/mol. The first-order valence-electron chi connectivity index (χ1n) is 7.58. The third-order valence-corrected chi connectivity index (χ3v) is 4.01. The molecule has 1 aliphatic heterocycles. The predicted octanol–water partition coefficient (Wildman–Crippen LogP) is 2.04. The van der Waals surface area contributed by atoms with Crippen molar-refractivity contribution >= 4 is 17.7 Å². The van der Waals surface area contributed by atoms with E-state index in [9.17, 15) is 9.59 Å². The lowest BCUT2D eigenvalue weighted by atomic mass is 9.99. The van der Waals surface area contributed by atoms with Gasteiger partial charge in [-0.05, 0) is 12.8 Å². The van der Waals surface area contributed by atoms with Gasteiger partial charge in [-0.15, -0.1) is 0 Å². The first-order valence-corrected chi connectivity index (χ1v) is 7.58. The summed E-state index contributed by atoms with van der Waals surface area (Å²) in [4.78, 5) is 25.1. The number of carbonyl (C=O) groups excluding carboxylic acids is 1. The van der Waals surface area contributed by atoms with Gasteiger partial charge in [-0.3, -0.25) is 4.79 Å². The number of carboxylic acids is 1. The minimum Gasteiger partial charge on any atom is -0.494 e. The highest BCUT2D eigenvalue weighted by Crippen LogP contribution is 2.38. The van der Waals surface area contributed by atoms with Crippen molar-refractivity contribution in [1.82, 2.24) is 4.90 Å². The molecule has 0 aliphatic carbocycles. The van der Waals surface area contributed by atoms with Gasteiger partial charge in [0.05, 0.1) is 32.9 Å². The minimum atomic E-state index is -0.879. The Hall–Kier alpha value is -2.64. The number of piperidine rings is 1. The average molecular weight is 338 g/mol. The number of nitrogens with zero attached hydrogens (tertiary/aromatic N) is 1. The van der Waals surface area contributed by atoms with Crippen molar-refractivity contribution in [3.8, 4) is 17.2 Å². The van der Waals surface area contributed by atoms with Crippen molar-refractivity contribution < 1.29 is 28.9 Å². The van der Waals surface area contributed by atoms with Gasteiger partial charge in [0.1, 0.15) is 5.75 Å². The number of aliphatic carboxylic acids is 1. The van der Waals surface area contributed by atoms with Gasteiger partial charge in [-0.1, -0.05) is 0 Å². The fourth-order valence-electron chi connectivity index (χ4n) is 2.68. The zero-order chi connectivity index (χ0) is 17.7. The molecule has 1 aromatic carbocycles. The van der Waals surface area contributed by atoms with Crippen LogP contribution in [0.2, 0.25) is 0 Å². The third-order valence-electron chi connectivity index (χ3n) is 4.01. The number of methoxy groups -OCH3 is 3. The molecule has 132 valence electrons. The van der Waals surface area contributed by atoms with Gasteiger partial charge in [0.2, 0.25) is 0 Å². The Morgan fingerprint density at radius 2 is 1.75 bits per heavy atom. The fourth-order valence-corrected chi connectivity index (χ4v) is 2.68. The molecular formula is C16H22N2O6. The smallest absolute Gasteiger partial charge is 0.321 e. The molecule has 2 rings (SSSR count). The summed E-state index contributed by atoms with van der Waals surface area (Å²) in [5.74, 6) is -0.0484. The maximum Gasteiger partial charge on any atom is 0.321 e. The van der Waals surface area contributed by atoms with E-state index in [2.05, 4.69) is 5.32 Å². The van der Waals surface area contributed by atoms with Crippen LogP contribution in [0.5, 0.6) is 17.2 Å².